The first-order chi connectivity index (χ1) is 10.1. The van der Waals surface area contributed by atoms with E-state index in [2.05, 4.69) is 18.7 Å². The van der Waals surface area contributed by atoms with E-state index in [1.807, 2.05) is 30.3 Å². The number of nitrogens with zero attached hydrogens (tertiary/aromatic N) is 1. The predicted octanol–water partition coefficient (Wildman–Crippen LogP) is 3.77. The van der Waals surface area contributed by atoms with Crippen molar-refractivity contribution in [3.63, 3.8) is 0 Å². The van der Waals surface area contributed by atoms with Crippen molar-refractivity contribution >= 4 is 0 Å². The van der Waals surface area contributed by atoms with Crippen LogP contribution in [0.2, 0.25) is 0 Å². The van der Waals surface area contributed by atoms with Crippen LogP contribution in [0, 0.1) is 5.82 Å². The Hall–Kier alpha value is -1.71. The molecule has 1 N–H and O–H groups in total. The van der Waals surface area contributed by atoms with Gasteiger partial charge in [-0.2, -0.15) is 0 Å². The molecule has 0 spiro atoms. The number of aliphatic hydroxyl groups excluding tert-OH is 1. The van der Waals surface area contributed by atoms with Crippen molar-refractivity contribution in [2.24, 2.45) is 0 Å². The second-order valence-corrected chi connectivity index (χ2v) is 5.58. The van der Waals surface area contributed by atoms with Crippen molar-refractivity contribution in [3.05, 3.63) is 71.5 Å². The lowest BCUT2D eigenvalue weighted by Gasteiger charge is -2.29. The molecule has 0 heterocycles. The van der Waals surface area contributed by atoms with Gasteiger partial charge >= 0.3 is 0 Å². The Balaban J connectivity index is 2.04. The first-order valence-corrected chi connectivity index (χ1v) is 7.28. The summed E-state index contributed by atoms with van der Waals surface area (Å²) in [4.78, 5) is 2.19. The SMILES string of the molecule is CC(C)N(Cc1ccc(F)cc1)CC(O)c1ccccc1. The smallest absolute Gasteiger partial charge is 0.123 e. The van der Waals surface area contributed by atoms with Gasteiger partial charge in [-0.3, -0.25) is 4.90 Å². The minimum Gasteiger partial charge on any atom is -0.387 e. The standard InChI is InChI=1S/C18H22FNO/c1-14(2)20(12-15-8-10-17(19)11-9-15)13-18(21)16-6-4-3-5-7-16/h3-11,14,18,21H,12-13H2,1-2H3. The Morgan fingerprint density at radius 2 is 1.62 bits per heavy atom. The molecule has 0 saturated carbocycles. The minimum absolute atomic E-state index is 0.223. The molecule has 0 aliphatic heterocycles. The Labute approximate surface area is 125 Å². The molecular weight excluding hydrogens is 265 g/mol. The lowest BCUT2D eigenvalue weighted by atomic mass is 10.1. The van der Waals surface area contributed by atoms with Gasteiger partial charge in [-0.1, -0.05) is 42.5 Å². The van der Waals surface area contributed by atoms with E-state index in [1.165, 1.54) is 12.1 Å². The van der Waals surface area contributed by atoms with Gasteiger partial charge in [0.1, 0.15) is 5.82 Å². The summed E-state index contributed by atoms with van der Waals surface area (Å²) in [5, 5.41) is 10.4. The number of halogens is 1. The maximum Gasteiger partial charge on any atom is 0.123 e. The van der Waals surface area contributed by atoms with Gasteiger partial charge in [0.2, 0.25) is 0 Å². The largest absolute Gasteiger partial charge is 0.387 e. The first-order valence-electron chi connectivity index (χ1n) is 7.28. The maximum absolute atomic E-state index is 13.0. The quantitative estimate of drug-likeness (QED) is 0.874. The molecule has 0 aliphatic rings. The van der Waals surface area contributed by atoms with Crippen molar-refractivity contribution < 1.29 is 9.50 Å². The Kier molecular flexibility index (Phi) is 5.48. The molecule has 1 atom stereocenters. The third-order valence-corrected chi connectivity index (χ3v) is 3.62. The van der Waals surface area contributed by atoms with Gasteiger partial charge in [-0.25, -0.2) is 4.39 Å². The third-order valence-electron chi connectivity index (χ3n) is 3.62. The monoisotopic (exact) mass is 287 g/mol. The highest BCUT2D eigenvalue weighted by molar-refractivity contribution is 5.18. The second kappa shape index (κ2) is 7.34. The molecule has 0 saturated heterocycles. The topological polar surface area (TPSA) is 23.5 Å². The van der Waals surface area contributed by atoms with Crippen molar-refractivity contribution in [1.82, 2.24) is 4.90 Å². The van der Waals surface area contributed by atoms with E-state index in [9.17, 15) is 9.50 Å². The third kappa shape index (κ3) is 4.66. The van der Waals surface area contributed by atoms with Gasteiger partial charge in [0.15, 0.2) is 0 Å². The minimum atomic E-state index is -0.519. The van der Waals surface area contributed by atoms with E-state index in [4.69, 9.17) is 0 Å². The molecule has 2 aromatic carbocycles. The zero-order valence-electron chi connectivity index (χ0n) is 12.5. The van der Waals surface area contributed by atoms with E-state index in [1.54, 1.807) is 12.1 Å². The summed E-state index contributed by atoms with van der Waals surface area (Å²) >= 11 is 0. The van der Waals surface area contributed by atoms with Gasteiger partial charge in [0.05, 0.1) is 6.10 Å². The van der Waals surface area contributed by atoms with Crippen LogP contribution in [-0.2, 0) is 6.54 Å². The van der Waals surface area contributed by atoms with E-state index in [0.717, 1.165) is 11.1 Å². The predicted molar refractivity (Wildman–Crippen MR) is 83.3 cm³/mol. The van der Waals surface area contributed by atoms with Crippen LogP contribution in [-0.4, -0.2) is 22.6 Å². The molecule has 1 unspecified atom stereocenters. The van der Waals surface area contributed by atoms with E-state index in [0.29, 0.717) is 19.1 Å². The Bertz CT molecular complexity index is 539. The summed E-state index contributed by atoms with van der Waals surface area (Å²) in [7, 11) is 0. The fourth-order valence-electron chi connectivity index (χ4n) is 2.28. The molecule has 2 nitrogen and oxygen atoms in total. The van der Waals surface area contributed by atoms with Crippen LogP contribution in [0.25, 0.3) is 0 Å². The highest BCUT2D eigenvalue weighted by Crippen LogP contribution is 2.17. The highest BCUT2D eigenvalue weighted by Gasteiger charge is 2.16. The number of benzene rings is 2. The molecule has 112 valence electrons. The number of hydrogen-bond donors (Lipinski definition) is 1. The van der Waals surface area contributed by atoms with Crippen molar-refractivity contribution in [1.29, 1.82) is 0 Å². The molecule has 0 amide bonds. The molecule has 2 aromatic rings. The molecule has 2 rings (SSSR count). The molecule has 21 heavy (non-hydrogen) atoms. The molecule has 0 aliphatic carbocycles. The highest BCUT2D eigenvalue weighted by atomic mass is 19.1. The molecule has 0 radical (unpaired) electrons. The van der Waals surface area contributed by atoms with Crippen LogP contribution in [0.15, 0.2) is 54.6 Å². The zero-order valence-corrected chi connectivity index (χ0v) is 12.5. The van der Waals surface area contributed by atoms with Gasteiger partial charge in [0.25, 0.3) is 0 Å². The van der Waals surface area contributed by atoms with Crippen LogP contribution in [0.3, 0.4) is 0 Å². The van der Waals surface area contributed by atoms with Crippen molar-refractivity contribution in [3.8, 4) is 0 Å². The van der Waals surface area contributed by atoms with Crippen LogP contribution in [0.5, 0.6) is 0 Å². The maximum atomic E-state index is 13.0. The zero-order chi connectivity index (χ0) is 15.2. The lowest BCUT2D eigenvalue weighted by Crippen LogP contribution is -2.34. The average molecular weight is 287 g/mol. The van der Waals surface area contributed by atoms with E-state index >= 15 is 0 Å². The van der Waals surface area contributed by atoms with Crippen LogP contribution in [0.4, 0.5) is 4.39 Å². The normalized spacial score (nSPS) is 12.9. The number of aliphatic hydroxyl groups is 1. The van der Waals surface area contributed by atoms with E-state index in [-0.39, 0.29) is 5.82 Å². The second-order valence-electron chi connectivity index (χ2n) is 5.58. The lowest BCUT2D eigenvalue weighted by molar-refractivity contribution is 0.0908. The van der Waals surface area contributed by atoms with E-state index < -0.39 is 6.10 Å². The molecule has 0 aromatic heterocycles. The van der Waals surface area contributed by atoms with Gasteiger partial charge < -0.3 is 5.11 Å². The molecule has 0 fully saturated rings. The summed E-state index contributed by atoms with van der Waals surface area (Å²) in [6.07, 6.45) is -0.519. The number of hydrogen-bond acceptors (Lipinski definition) is 2. The van der Waals surface area contributed by atoms with Gasteiger partial charge in [-0.05, 0) is 37.1 Å². The average Bonchev–Trinajstić information content (AvgIpc) is 2.49. The molecule has 3 heteroatoms. The fourth-order valence-corrected chi connectivity index (χ4v) is 2.28. The summed E-state index contributed by atoms with van der Waals surface area (Å²) in [5.74, 6) is -0.223. The summed E-state index contributed by atoms with van der Waals surface area (Å²) in [6.45, 7) is 5.45. The fraction of sp³-hybridized carbons (Fsp3) is 0.333. The van der Waals surface area contributed by atoms with Crippen LogP contribution < -0.4 is 0 Å². The first kappa shape index (κ1) is 15.7. The van der Waals surface area contributed by atoms with Crippen LogP contribution >= 0.6 is 0 Å². The molecular formula is C18H22FNO. The summed E-state index contributed by atoms with van der Waals surface area (Å²) < 4.78 is 13.0. The van der Waals surface area contributed by atoms with Gasteiger partial charge in [-0.15, -0.1) is 0 Å². The summed E-state index contributed by atoms with van der Waals surface area (Å²) in [5.41, 5.74) is 1.97. The van der Waals surface area contributed by atoms with Gasteiger partial charge in [0, 0.05) is 19.1 Å². The van der Waals surface area contributed by atoms with Crippen molar-refractivity contribution in [2.45, 2.75) is 32.5 Å². The summed E-state index contributed by atoms with van der Waals surface area (Å²) in [6, 6.07) is 16.5. The van der Waals surface area contributed by atoms with Crippen LogP contribution in [0.1, 0.15) is 31.1 Å². The molecule has 0 bridgehead atoms. The number of rotatable bonds is 6. The van der Waals surface area contributed by atoms with Crippen molar-refractivity contribution in [2.75, 3.05) is 6.54 Å². The Morgan fingerprint density at radius 1 is 1.00 bits per heavy atom. The Morgan fingerprint density at radius 3 is 2.19 bits per heavy atom.